The lowest BCUT2D eigenvalue weighted by Crippen LogP contribution is -2.44. The SMILES string of the molecule is Cc1nc(CN2CCCC(CNC(C)(C)C)C2)no1. The molecule has 0 amide bonds. The highest BCUT2D eigenvalue weighted by Gasteiger charge is 2.22. The van der Waals surface area contributed by atoms with E-state index in [9.17, 15) is 0 Å². The summed E-state index contributed by atoms with van der Waals surface area (Å²) in [5.41, 5.74) is 0.201. The minimum Gasteiger partial charge on any atom is -0.340 e. The number of rotatable bonds is 4. The van der Waals surface area contributed by atoms with Crippen LogP contribution in [0.1, 0.15) is 45.3 Å². The molecule has 1 aliphatic heterocycles. The summed E-state index contributed by atoms with van der Waals surface area (Å²) in [7, 11) is 0. The molecular formula is C14H26N4O. The van der Waals surface area contributed by atoms with Gasteiger partial charge < -0.3 is 9.84 Å². The summed E-state index contributed by atoms with van der Waals surface area (Å²) in [6, 6.07) is 0. The van der Waals surface area contributed by atoms with Gasteiger partial charge in [-0.1, -0.05) is 5.16 Å². The molecular weight excluding hydrogens is 240 g/mol. The zero-order valence-corrected chi connectivity index (χ0v) is 12.6. The number of piperidine rings is 1. The molecule has 2 rings (SSSR count). The molecule has 1 saturated heterocycles. The van der Waals surface area contributed by atoms with Crippen LogP contribution >= 0.6 is 0 Å². The molecule has 1 aromatic rings. The van der Waals surface area contributed by atoms with Crippen LogP contribution in [0.15, 0.2) is 4.52 Å². The third-order valence-corrected chi connectivity index (χ3v) is 3.46. The van der Waals surface area contributed by atoms with Crippen LogP contribution in [-0.4, -0.2) is 40.2 Å². The van der Waals surface area contributed by atoms with Crippen molar-refractivity contribution in [1.82, 2.24) is 20.4 Å². The minimum atomic E-state index is 0.201. The summed E-state index contributed by atoms with van der Waals surface area (Å²) in [6.45, 7) is 12.6. The second-order valence-electron chi connectivity index (χ2n) is 6.60. The molecule has 0 aromatic carbocycles. The Kier molecular flexibility index (Phi) is 4.58. The van der Waals surface area contributed by atoms with Crippen molar-refractivity contribution in [2.24, 2.45) is 5.92 Å². The van der Waals surface area contributed by atoms with Crippen LogP contribution in [0, 0.1) is 12.8 Å². The minimum absolute atomic E-state index is 0.201. The standard InChI is InChI=1S/C14H26N4O/c1-11-16-13(17-19-11)10-18-7-5-6-12(9-18)8-15-14(2,3)4/h12,15H,5-10H2,1-4H3. The van der Waals surface area contributed by atoms with Gasteiger partial charge in [0.25, 0.3) is 0 Å². The Balaban J connectivity index is 1.80. The Bertz CT molecular complexity index is 396. The highest BCUT2D eigenvalue weighted by molar-refractivity contribution is 4.86. The van der Waals surface area contributed by atoms with Gasteiger partial charge >= 0.3 is 0 Å². The molecule has 2 heterocycles. The van der Waals surface area contributed by atoms with E-state index in [0.717, 1.165) is 37.9 Å². The fourth-order valence-corrected chi connectivity index (χ4v) is 2.52. The van der Waals surface area contributed by atoms with E-state index in [4.69, 9.17) is 4.52 Å². The van der Waals surface area contributed by atoms with E-state index in [-0.39, 0.29) is 5.54 Å². The first-order valence-corrected chi connectivity index (χ1v) is 7.19. The third-order valence-electron chi connectivity index (χ3n) is 3.46. The van der Waals surface area contributed by atoms with E-state index in [0.29, 0.717) is 5.89 Å². The van der Waals surface area contributed by atoms with Gasteiger partial charge in [-0.2, -0.15) is 4.98 Å². The fourth-order valence-electron chi connectivity index (χ4n) is 2.52. The molecule has 1 aliphatic rings. The Labute approximate surface area is 115 Å². The van der Waals surface area contributed by atoms with Crippen molar-refractivity contribution < 1.29 is 4.52 Å². The molecule has 108 valence electrons. The Morgan fingerprint density at radius 2 is 2.21 bits per heavy atom. The normalized spacial score (nSPS) is 21.8. The maximum absolute atomic E-state index is 5.02. The van der Waals surface area contributed by atoms with Gasteiger partial charge in [0.15, 0.2) is 5.82 Å². The summed E-state index contributed by atoms with van der Waals surface area (Å²) in [4.78, 5) is 6.71. The van der Waals surface area contributed by atoms with Crippen LogP contribution in [-0.2, 0) is 6.54 Å². The van der Waals surface area contributed by atoms with Crippen molar-refractivity contribution in [1.29, 1.82) is 0 Å². The lowest BCUT2D eigenvalue weighted by atomic mass is 9.96. The van der Waals surface area contributed by atoms with E-state index in [2.05, 4.69) is 41.1 Å². The van der Waals surface area contributed by atoms with E-state index >= 15 is 0 Å². The second kappa shape index (κ2) is 6.01. The number of aryl methyl sites for hydroxylation is 1. The molecule has 1 unspecified atom stereocenters. The van der Waals surface area contributed by atoms with Gasteiger partial charge in [0.1, 0.15) is 0 Å². The Morgan fingerprint density at radius 1 is 1.42 bits per heavy atom. The quantitative estimate of drug-likeness (QED) is 0.903. The molecule has 0 saturated carbocycles. The molecule has 1 aromatic heterocycles. The lowest BCUT2D eigenvalue weighted by molar-refractivity contribution is 0.155. The van der Waals surface area contributed by atoms with Crippen LogP contribution in [0.3, 0.4) is 0 Å². The zero-order chi connectivity index (χ0) is 13.9. The zero-order valence-electron chi connectivity index (χ0n) is 12.6. The number of hydrogen-bond donors (Lipinski definition) is 1. The summed E-state index contributed by atoms with van der Waals surface area (Å²) < 4.78 is 5.02. The molecule has 0 radical (unpaired) electrons. The molecule has 19 heavy (non-hydrogen) atoms. The number of likely N-dealkylation sites (tertiary alicyclic amines) is 1. The summed E-state index contributed by atoms with van der Waals surface area (Å²) in [5.74, 6) is 2.18. The lowest BCUT2D eigenvalue weighted by Gasteiger charge is -2.33. The van der Waals surface area contributed by atoms with Gasteiger partial charge in [-0.05, 0) is 52.6 Å². The largest absolute Gasteiger partial charge is 0.340 e. The maximum Gasteiger partial charge on any atom is 0.223 e. The van der Waals surface area contributed by atoms with Crippen LogP contribution in [0.25, 0.3) is 0 Å². The molecule has 0 bridgehead atoms. The molecule has 0 spiro atoms. The van der Waals surface area contributed by atoms with Crippen molar-refractivity contribution >= 4 is 0 Å². The predicted octanol–water partition coefficient (Wildman–Crippen LogP) is 1.98. The molecule has 1 atom stereocenters. The first kappa shape index (κ1) is 14.5. The van der Waals surface area contributed by atoms with Crippen LogP contribution in [0.5, 0.6) is 0 Å². The van der Waals surface area contributed by atoms with Crippen molar-refractivity contribution in [2.75, 3.05) is 19.6 Å². The van der Waals surface area contributed by atoms with Gasteiger partial charge in [-0.3, -0.25) is 4.90 Å². The second-order valence-corrected chi connectivity index (χ2v) is 6.60. The van der Waals surface area contributed by atoms with Gasteiger partial charge in [0, 0.05) is 19.0 Å². The molecule has 1 fully saturated rings. The fraction of sp³-hybridized carbons (Fsp3) is 0.857. The smallest absolute Gasteiger partial charge is 0.223 e. The summed E-state index contributed by atoms with van der Waals surface area (Å²) in [5, 5.41) is 7.58. The molecule has 5 heteroatoms. The van der Waals surface area contributed by atoms with Gasteiger partial charge in [0.2, 0.25) is 5.89 Å². The highest BCUT2D eigenvalue weighted by atomic mass is 16.5. The van der Waals surface area contributed by atoms with Crippen molar-refractivity contribution in [3.8, 4) is 0 Å². The third kappa shape index (κ3) is 4.91. The van der Waals surface area contributed by atoms with Crippen LogP contribution in [0.2, 0.25) is 0 Å². The van der Waals surface area contributed by atoms with Crippen LogP contribution < -0.4 is 5.32 Å². The van der Waals surface area contributed by atoms with Gasteiger partial charge in [0.05, 0.1) is 6.54 Å². The first-order chi connectivity index (χ1) is 8.92. The molecule has 5 nitrogen and oxygen atoms in total. The summed E-state index contributed by atoms with van der Waals surface area (Å²) in [6.07, 6.45) is 2.57. The number of nitrogens with one attached hydrogen (secondary N) is 1. The van der Waals surface area contributed by atoms with Crippen LogP contribution in [0.4, 0.5) is 0 Å². The van der Waals surface area contributed by atoms with E-state index < -0.39 is 0 Å². The highest BCUT2D eigenvalue weighted by Crippen LogP contribution is 2.18. The Morgan fingerprint density at radius 3 is 2.84 bits per heavy atom. The molecule has 1 N–H and O–H groups in total. The van der Waals surface area contributed by atoms with Gasteiger partial charge in [-0.15, -0.1) is 0 Å². The monoisotopic (exact) mass is 266 g/mol. The average molecular weight is 266 g/mol. The predicted molar refractivity (Wildman–Crippen MR) is 74.8 cm³/mol. The average Bonchev–Trinajstić information content (AvgIpc) is 2.72. The van der Waals surface area contributed by atoms with Crippen molar-refractivity contribution in [3.63, 3.8) is 0 Å². The number of nitrogens with zero attached hydrogens (tertiary/aromatic N) is 3. The number of hydrogen-bond acceptors (Lipinski definition) is 5. The van der Waals surface area contributed by atoms with Gasteiger partial charge in [-0.25, -0.2) is 0 Å². The first-order valence-electron chi connectivity index (χ1n) is 7.19. The molecule has 0 aliphatic carbocycles. The van der Waals surface area contributed by atoms with Crippen molar-refractivity contribution in [2.45, 2.75) is 52.6 Å². The topological polar surface area (TPSA) is 54.2 Å². The van der Waals surface area contributed by atoms with E-state index in [1.54, 1.807) is 0 Å². The van der Waals surface area contributed by atoms with E-state index in [1.807, 2.05) is 6.92 Å². The summed E-state index contributed by atoms with van der Waals surface area (Å²) >= 11 is 0. The van der Waals surface area contributed by atoms with Crippen molar-refractivity contribution in [3.05, 3.63) is 11.7 Å². The van der Waals surface area contributed by atoms with E-state index in [1.165, 1.54) is 12.8 Å². The number of aromatic nitrogens is 2. The maximum atomic E-state index is 5.02. The Hall–Kier alpha value is -0.940.